The van der Waals surface area contributed by atoms with Gasteiger partial charge in [0.25, 0.3) is 0 Å². The minimum Gasteiger partial charge on any atom is -0.386 e. The van der Waals surface area contributed by atoms with Crippen LogP contribution in [0.4, 0.5) is 0 Å². The van der Waals surface area contributed by atoms with Crippen LogP contribution in [0, 0.1) is 0 Å². The van der Waals surface area contributed by atoms with Crippen LogP contribution in [-0.4, -0.2) is 52.0 Å². The predicted molar refractivity (Wildman–Crippen MR) is 146 cm³/mol. The number of hydrogen-bond donors (Lipinski definition) is 0. The van der Waals surface area contributed by atoms with Crippen molar-refractivity contribution >= 4 is 22.5 Å². The highest BCUT2D eigenvalue weighted by atomic mass is 31.2. The van der Waals surface area contributed by atoms with Crippen LogP contribution in [0.2, 0.25) is 0 Å². The topological polar surface area (TPSA) is 98.8 Å². The molecule has 0 fully saturated rings. The van der Waals surface area contributed by atoms with Crippen LogP contribution < -0.4 is 0 Å². The number of hydrogen-bond acceptors (Lipinski definition) is 9. The lowest BCUT2D eigenvalue weighted by Gasteiger charge is -2.31. The zero-order valence-electron chi connectivity index (χ0n) is 23.9. The first-order chi connectivity index (χ1) is 17.3. The molecule has 0 saturated carbocycles. The smallest absolute Gasteiger partial charge is 0.386 e. The van der Waals surface area contributed by atoms with Gasteiger partial charge in [-0.15, -0.1) is 0 Å². The number of rotatable bonds is 26. The summed E-state index contributed by atoms with van der Waals surface area (Å²) in [6.07, 6.45) is 9.98. The molecule has 216 valence electrons. The molecule has 2 atom stereocenters. The third-order valence-corrected chi connectivity index (χ3v) is 10.3. The molecule has 0 N–H and O–H groups in total. The third-order valence-electron chi connectivity index (χ3n) is 5.43. The van der Waals surface area contributed by atoms with E-state index in [2.05, 4.69) is 6.92 Å². The largest absolute Gasteiger partial charge is 0.640 e. The van der Waals surface area contributed by atoms with E-state index < -0.39 is 34.2 Å². The van der Waals surface area contributed by atoms with Gasteiger partial charge in [-0.1, -0.05) is 65.7 Å². The molecule has 0 rings (SSSR count). The van der Waals surface area contributed by atoms with Crippen LogP contribution in [0.15, 0.2) is 0 Å². The Kier molecular flexibility index (Phi) is 22.3. The molecule has 12 heteroatoms. The molecule has 9 nitrogen and oxygen atoms in total. The van der Waals surface area contributed by atoms with Crippen molar-refractivity contribution in [2.45, 2.75) is 124 Å². The van der Waals surface area contributed by atoms with Crippen LogP contribution in [-0.2, 0) is 41.2 Å². The SMILES string of the molecule is CCCCCCCCCCOB(OC(CC)P(=O)(OCC)OCC)OC(CC)P(=O)(OCC)OCC. The third kappa shape index (κ3) is 14.4. The molecule has 36 heavy (non-hydrogen) atoms. The molecular formula is C24H53BO9P2. The lowest BCUT2D eigenvalue weighted by Crippen LogP contribution is -2.37. The van der Waals surface area contributed by atoms with Gasteiger partial charge in [-0.05, 0) is 47.0 Å². The van der Waals surface area contributed by atoms with Crippen LogP contribution in [0.25, 0.3) is 0 Å². The quantitative estimate of drug-likeness (QED) is 0.0591. The average Bonchev–Trinajstić information content (AvgIpc) is 2.84. The second-order valence-corrected chi connectivity index (χ2v) is 12.7. The molecule has 0 heterocycles. The van der Waals surface area contributed by atoms with E-state index in [1.165, 1.54) is 32.1 Å². The first kappa shape index (κ1) is 36.2. The first-order valence-electron chi connectivity index (χ1n) is 14.0. The fourth-order valence-electron chi connectivity index (χ4n) is 3.70. The summed E-state index contributed by atoms with van der Waals surface area (Å²) in [6, 6.07) is 0. The van der Waals surface area contributed by atoms with E-state index in [0.717, 1.165) is 19.3 Å². The van der Waals surface area contributed by atoms with Crippen molar-refractivity contribution in [3.8, 4) is 0 Å². The molecule has 0 saturated heterocycles. The maximum absolute atomic E-state index is 13.4. The maximum atomic E-state index is 13.4. The highest BCUT2D eigenvalue weighted by Gasteiger charge is 2.44. The Labute approximate surface area is 221 Å². The molecule has 0 aliphatic rings. The van der Waals surface area contributed by atoms with E-state index in [4.69, 9.17) is 32.1 Å². The van der Waals surface area contributed by atoms with E-state index in [9.17, 15) is 9.13 Å². The van der Waals surface area contributed by atoms with Gasteiger partial charge in [0, 0.05) is 6.61 Å². The monoisotopic (exact) mass is 558 g/mol. The highest BCUT2D eigenvalue weighted by molar-refractivity contribution is 7.54. The summed E-state index contributed by atoms with van der Waals surface area (Å²) in [4.78, 5) is 0. The molecule has 0 aromatic heterocycles. The Hall–Kier alpha value is 0.245. The zero-order valence-corrected chi connectivity index (χ0v) is 25.7. The van der Waals surface area contributed by atoms with Crippen molar-refractivity contribution < 1.29 is 41.2 Å². The van der Waals surface area contributed by atoms with Gasteiger partial charge >= 0.3 is 22.5 Å². The van der Waals surface area contributed by atoms with Gasteiger partial charge in [0.1, 0.15) is 11.7 Å². The minimum absolute atomic E-state index is 0.212. The standard InChI is InChI=1S/C24H53BO9P2/c1-8-15-16-17-18-19-20-21-22-28-25(33-23(9-2)35(26,29-11-4)30-12-5)34-24(10-3)36(27,31-13-6)32-14-7/h23-24H,8-22H2,1-7H3. The van der Waals surface area contributed by atoms with Crippen LogP contribution in [0.5, 0.6) is 0 Å². The lowest BCUT2D eigenvalue weighted by molar-refractivity contribution is 0.0441. The fraction of sp³-hybridized carbons (Fsp3) is 1.00. The molecule has 0 bridgehead atoms. The summed E-state index contributed by atoms with van der Waals surface area (Å²) in [5, 5.41) is 0. The van der Waals surface area contributed by atoms with E-state index in [-0.39, 0.29) is 26.4 Å². The van der Waals surface area contributed by atoms with Crippen LogP contribution >= 0.6 is 15.2 Å². The molecular weight excluding hydrogens is 505 g/mol. The van der Waals surface area contributed by atoms with Gasteiger partial charge in [0.05, 0.1) is 26.4 Å². The van der Waals surface area contributed by atoms with Crippen LogP contribution in [0.1, 0.15) is 113 Å². The van der Waals surface area contributed by atoms with Gasteiger partial charge in [-0.25, -0.2) is 0 Å². The number of unbranched alkanes of at least 4 members (excludes halogenated alkanes) is 7. The Morgan fingerprint density at radius 3 is 1.25 bits per heavy atom. The molecule has 0 aromatic carbocycles. The molecule has 2 unspecified atom stereocenters. The van der Waals surface area contributed by atoms with Gasteiger partial charge in [0.15, 0.2) is 0 Å². The Morgan fingerprint density at radius 2 is 0.917 bits per heavy atom. The van der Waals surface area contributed by atoms with E-state index in [0.29, 0.717) is 19.4 Å². The van der Waals surface area contributed by atoms with Crippen LogP contribution in [0.3, 0.4) is 0 Å². The molecule has 0 aliphatic heterocycles. The van der Waals surface area contributed by atoms with Gasteiger partial charge in [-0.3, -0.25) is 9.13 Å². The van der Waals surface area contributed by atoms with Crippen molar-refractivity contribution in [1.82, 2.24) is 0 Å². The summed E-state index contributed by atoms with van der Waals surface area (Å²) in [7, 11) is -8.39. The molecule has 0 aromatic rings. The van der Waals surface area contributed by atoms with Crippen molar-refractivity contribution in [3.63, 3.8) is 0 Å². The van der Waals surface area contributed by atoms with Crippen molar-refractivity contribution in [2.24, 2.45) is 0 Å². The van der Waals surface area contributed by atoms with Crippen molar-refractivity contribution in [2.75, 3.05) is 33.0 Å². The summed E-state index contributed by atoms with van der Waals surface area (Å²) >= 11 is 0. The first-order valence-corrected chi connectivity index (χ1v) is 17.2. The van der Waals surface area contributed by atoms with Gasteiger partial charge in [-0.2, -0.15) is 0 Å². The average molecular weight is 558 g/mol. The zero-order chi connectivity index (χ0) is 27.3. The Bertz CT molecular complexity index is 552. The summed E-state index contributed by atoms with van der Waals surface area (Å²) in [5.74, 6) is -1.81. The van der Waals surface area contributed by atoms with Crippen molar-refractivity contribution in [3.05, 3.63) is 0 Å². The Balaban J connectivity index is 5.39. The lowest BCUT2D eigenvalue weighted by atomic mass is 10.1. The molecule has 0 amide bonds. The summed E-state index contributed by atoms with van der Waals surface area (Å²) in [6.45, 7) is 14.1. The van der Waals surface area contributed by atoms with Gasteiger partial charge < -0.3 is 32.1 Å². The summed E-state index contributed by atoms with van der Waals surface area (Å²) in [5.41, 5.74) is 0. The summed E-state index contributed by atoms with van der Waals surface area (Å²) < 4.78 is 66.7. The second-order valence-electron chi connectivity index (χ2n) is 8.38. The molecule has 0 aliphatic carbocycles. The van der Waals surface area contributed by atoms with E-state index in [1.54, 1.807) is 27.7 Å². The predicted octanol–water partition coefficient (Wildman–Crippen LogP) is 8.17. The molecule has 0 radical (unpaired) electrons. The molecule has 0 spiro atoms. The highest BCUT2D eigenvalue weighted by Crippen LogP contribution is 2.56. The van der Waals surface area contributed by atoms with E-state index >= 15 is 0 Å². The normalized spacial score (nSPS) is 14.2. The minimum atomic E-state index is -3.58. The Morgan fingerprint density at radius 1 is 0.556 bits per heavy atom. The van der Waals surface area contributed by atoms with E-state index in [1.807, 2.05) is 13.8 Å². The second kappa shape index (κ2) is 22.1. The van der Waals surface area contributed by atoms with Crippen molar-refractivity contribution in [1.29, 1.82) is 0 Å². The van der Waals surface area contributed by atoms with Gasteiger partial charge in [0.2, 0.25) is 0 Å². The fourth-order valence-corrected chi connectivity index (χ4v) is 7.34. The maximum Gasteiger partial charge on any atom is 0.640 e.